The third kappa shape index (κ3) is 6.36. The maximum absolute atomic E-state index is 5.83. The van der Waals surface area contributed by atoms with E-state index >= 15 is 0 Å². The van der Waals surface area contributed by atoms with Gasteiger partial charge in [-0.1, -0.05) is 26.0 Å². The summed E-state index contributed by atoms with van der Waals surface area (Å²) in [6.45, 7) is 9.56. The molecule has 3 aromatic rings. The van der Waals surface area contributed by atoms with E-state index in [2.05, 4.69) is 63.3 Å². The third-order valence-corrected chi connectivity index (χ3v) is 4.95. The van der Waals surface area contributed by atoms with Crippen LogP contribution in [0, 0.1) is 6.92 Å². The summed E-state index contributed by atoms with van der Waals surface area (Å²) in [6.07, 6.45) is 6.52. The molecule has 3 aromatic heterocycles. The fraction of sp³-hybridized carbons (Fsp3) is 0.500. The first-order chi connectivity index (χ1) is 15.0. The Balaban J connectivity index is 0.00000363. The molecule has 174 valence electrons. The van der Waals surface area contributed by atoms with Crippen LogP contribution in [0.2, 0.25) is 0 Å². The molecule has 0 saturated heterocycles. The number of hydrogen-bond acceptors (Lipinski definition) is 8. The summed E-state index contributed by atoms with van der Waals surface area (Å²) in [5, 5.41) is 20.5. The number of nitrogens with zero attached hydrogens (tertiary/aromatic N) is 7. The van der Waals surface area contributed by atoms with E-state index in [0.29, 0.717) is 31.3 Å². The highest BCUT2D eigenvalue weighted by atomic mass is 16.5. The van der Waals surface area contributed by atoms with E-state index in [0.717, 1.165) is 35.5 Å². The Morgan fingerprint density at radius 1 is 1.28 bits per heavy atom. The molecule has 0 aliphatic rings. The van der Waals surface area contributed by atoms with Crippen molar-refractivity contribution in [3.63, 3.8) is 0 Å². The zero-order chi connectivity index (χ0) is 22.2. The second kappa shape index (κ2) is 11.9. The molecular formula is C22H35N9O. The lowest BCUT2D eigenvalue weighted by atomic mass is 10.1. The van der Waals surface area contributed by atoms with Crippen LogP contribution in [0.1, 0.15) is 62.4 Å². The van der Waals surface area contributed by atoms with Crippen LogP contribution < -0.4 is 16.2 Å². The maximum Gasteiger partial charge on any atom is 0.216 e. The second-order valence-corrected chi connectivity index (χ2v) is 7.56. The van der Waals surface area contributed by atoms with Crippen LogP contribution in [-0.2, 0) is 20.0 Å². The van der Waals surface area contributed by atoms with Gasteiger partial charge in [-0.2, -0.15) is 9.90 Å². The SMILES string of the molecule is CCCOc1ncccc1C/C=C(/NCc1nnn(C)n1)c1cc(C)nn1C(C)CC.N. The lowest BCUT2D eigenvalue weighted by molar-refractivity contribution is 0.302. The van der Waals surface area contributed by atoms with Crippen LogP contribution in [0.4, 0.5) is 0 Å². The predicted octanol–water partition coefficient (Wildman–Crippen LogP) is 3.41. The summed E-state index contributed by atoms with van der Waals surface area (Å²) >= 11 is 0. The minimum Gasteiger partial charge on any atom is -0.477 e. The highest BCUT2D eigenvalue weighted by Gasteiger charge is 2.16. The molecule has 1 atom stereocenters. The summed E-state index contributed by atoms with van der Waals surface area (Å²) in [7, 11) is 1.76. The minimum absolute atomic E-state index is 0. The Morgan fingerprint density at radius 2 is 2.09 bits per heavy atom. The number of aromatic nitrogens is 7. The van der Waals surface area contributed by atoms with E-state index in [9.17, 15) is 0 Å². The number of nitrogens with one attached hydrogen (secondary N) is 1. The molecule has 10 nitrogen and oxygen atoms in total. The lowest BCUT2D eigenvalue weighted by Gasteiger charge is -2.17. The Kier molecular flexibility index (Phi) is 9.33. The highest BCUT2D eigenvalue weighted by molar-refractivity contribution is 5.62. The molecule has 32 heavy (non-hydrogen) atoms. The summed E-state index contributed by atoms with van der Waals surface area (Å²) < 4.78 is 7.91. The molecule has 0 radical (unpaired) electrons. The molecular weight excluding hydrogens is 406 g/mol. The molecule has 0 aliphatic heterocycles. The van der Waals surface area contributed by atoms with E-state index in [1.807, 2.05) is 19.1 Å². The molecule has 0 bridgehead atoms. The summed E-state index contributed by atoms with van der Waals surface area (Å²) in [6, 6.07) is 6.37. The van der Waals surface area contributed by atoms with Gasteiger partial charge in [-0.15, -0.1) is 10.2 Å². The first kappa shape index (κ1) is 25.0. The van der Waals surface area contributed by atoms with Crippen molar-refractivity contribution in [3.8, 4) is 5.88 Å². The van der Waals surface area contributed by atoms with E-state index in [-0.39, 0.29) is 12.2 Å². The minimum atomic E-state index is 0. The number of tetrazole rings is 1. The van der Waals surface area contributed by atoms with E-state index in [1.54, 1.807) is 13.2 Å². The van der Waals surface area contributed by atoms with E-state index < -0.39 is 0 Å². The molecule has 0 fully saturated rings. The van der Waals surface area contributed by atoms with Crippen molar-refractivity contribution >= 4 is 5.70 Å². The van der Waals surface area contributed by atoms with Crippen molar-refractivity contribution in [1.82, 2.24) is 46.4 Å². The van der Waals surface area contributed by atoms with Crippen LogP contribution in [0.3, 0.4) is 0 Å². The highest BCUT2D eigenvalue weighted by Crippen LogP contribution is 2.22. The number of pyridine rings is 1. The zero-order valence-corrected chi connectivity index (χ0v) is 19.7. The van der Waals surface area contributed by atoms with Gasteiger partial charge in [0.15, 0.2) is 5.82 Å². The van der Waals surface area contributed by atoms with Crippen molar-refractivity contribution in [2.45, 2.75) is 59.5 Å². The number of ether oxygens (including phenoxy) is 1. The quantitative estimate of drug-likeness (QED) is 0.463. The Morgan fingerprint density at radius 3 is 2.78 bits per heavy atom. The fourth-order valence-electron chi connectivity index (χ4n) is 3.18. The van der Waals surface area contributed by atoms with Gasteiger partial charge in [-0.25, -0.2) is 4.98 Å². The first-order valence-corrected chi connectivity index (χ1v) is 10.8. The van der Waals surface area contributed by atoms with E-state index in [4.69, 9.17) is 9.84 Å². The average molecular weight is 442 g/mol. The standard InChI is InChI=1S/C22H32N8O.H3N/c1-6-13-31-22-18(9-8-12-23-22)10-11-19(24-15-21-25-28-29(5)27-21)20-14-16(3)26-30(20)17(4)7-2;/h8-9,11-12,14,17,24H,6-7,10,13,15H2,1-5H3;1H3/b19-11+;. The summed E-state index contributed by atoms with van der Waals surface area (Å²) in [5.74, 6) is 1.32. The normalized spacial score (nSPS) is 12.3. The molecule has 1 unspecified atom stereocenters. The van der Waals surface area contributed by atoms with Crippen molar-refractivity contribution < 1.29 is 4.74 Å². The first-order valence-electron chi connectivity index (χ1n) is 10.8. The molecule has 3 rings (SSSR count). The van der Waals surface area contributed by atoms with Gasteiger partial charge in [0.05, 0.1) is 37.3 Å². The molecule has 10 heteroatoms. The van der Waals surface area contributed by atoms with Gasteiger partial charge in [0.25, 0.3) is 0 Å². The Hall–Kier alpha value is -3.27. The Labute approximate surface area is 189 Å². The topological polar surface area (TPSA) is 131 Å². The van der Waals surface area contributed by atoms with E-state index in [1.165, 1.54) is 4.80 Å². The summed E-state index contributed by atoms with van der Waals surface area (Å²) in [5.41, 5.74) is 4.03. The smallest absolute Gasteiger partial charge is 0.216 e. The van der Waals surface area contributed by atoms with Gasteiger partial charge in [-0.3, -0.25) is 4.68 Å². The van der Waals surface area contributed by atoms with Crippen LogP contribution in [0.5, 0.6) is 5.88 Å². The third-order valence-electron chi connectivity index (χ3n) is 4.95. The van der Waals surface area contributed by atoms with Crippen molar-refractivity contribution in [1.29, 1.82) is 0 Å². The molecule has 0 saturated carbocycles. The Bertz CT molecular complexity index is 1010. The van der Waals surface area contributed by atoms with Gasteiger partial charge < -0.3 is 16.2 Å². The van der Waals surface area contributed by atoms with Crippen LogP contribution in [0.25, 0.3) is 5.70 Å². The van der Waals surface area contributed by atoms with Crippen molar-refractivity contribution in [2.24, 2.45) is 7.05 Å². The van der Waals surface area contributed by atoms with Crippen LogP contribution >= 0.6 is 0 Å². The fourth-order valence-corrected chi connectivity index (χ4v) is 3.18. The van der Waals surface area contributed by atoms with Crippen LogP contribution in [-0.4, -0.2) is 41.6 Å². The largest absolute Gasteiger partial charge is 0.477 e. The summed E-state index contributed by atoms with van der Waals surface area (Å²) in [4.78, 5) is 5.87. The molecule has 0 aliphatic carbocycles. The molecule has 4 N–H and O–H groups in total. The number of allylic oxidation sites excluding steroid dienone is 1. The molecule has 0 spiro atoms. The monoisotopic (exact) mass is 441 g/mol. The van der Waals surface area contributed by atoms with Crippen LogP contribution in [0.15, 0.2) is 30.5 Å². The maximum atomic E-state index is 5.83. The number of hydrogen-bond donors (Lipinski definition) is 2. The predicted molar refractivity (Wildman–Crippen MR) is 124 cm³/mol. The second-order valence-electron chi connectivity index (χ2n) is 7.56. The van der Waals surface area contributed by atoms with Gasteiger partial charge in [-0.05, 0) is 50.5 Å². The van der Waals surface area contributed by atoms with Crippen molar-refractivity contribution in [3.05, 3.63) is 53.2 Å². The molecule has 0 amide bonds. The van der Waals surface area contributed by atoms with Gasteiger partial charge in [0, 0.05) is 17.8 Å². The molecule has 3 heterocycles. The average Bonchev–Trinajstić information content (AvgIpc) is 3.37. The number of rotatable bonds is 11. The zero-order valence-electron chi connectivity index (χ0n) is 19.7. The molecule has 0 aromatic carbocycles. The van der Waals surface area contributed by atoms with Gasteiger partial charge in [0.2, 0.25) is 5.88 Å². The lowest BCUT2D eigenvalue weighted by Crippen LogP contribution is -2.18. The number of aryl methyl sites for hydroxylation is 2. The van der Waals surface area contributed by atoms with Crippen molar-refractivity contribution in [2.75, 3.05) is 6.61 Å². The van der Waals surface area contributed by atoms with Gasteiger partial charge >= 0.3 is 0 Å². The van der Waals surface area contributed by atoms with Gasteiger partial charge in [0.1, 0.15) is 0 Å².